The summed E-state index contributed by atoms with van der Waals surface area (Å²) in [5.74, 6) is 0.670. The molecular weight excluding hydrogens is 328 g/mol. The summed E-state index contributed by atoms with van der Waals surface area (Å²) < 4.78 is 0. The highest BCUT2D eigenvalue weighted by Gasteiger charge is 2.32. The summed E-state index contributed by atoms with van der Waals surface area (Å²) in [4.78, 5) is 29.4. The first-order valence-electron chi connectivity index (χ1n) is 10.4. The van der Waals surface area contributed by atoms with Crippen molar-refractivity contribution in [3.05, 3.63) is 0 Å². The maximum atomic E-state index is 12.9. The van der Waals surface area contributed by atoms with E-state index in [0.717, 1.165) is 52.0 Å². The van der Waals surface area contributed by atoms with Crippen molar-refractivity contribution in [3.8, 4) is 0 Å². The molecule has 1 unspecified atom stereocenters. The zero-order valence-electron chi connectivity index (χ0n) is 17.3. The summed E-state index contributed by atoms with van der Waals surface area (Å²) in [7, 11) is 0. The van der Waals surface area contributed by atoms with E-state index in [1.54, 1.807) is 0 Å². The lowest BCUT2D eigenvalue weighted by molar-refractivity contribution is -0.140. The van der Waals surface area contributed by atoms with Crippen molar-refractivity contribution in [1.29, 1.82) is 0 Å². The second-order valence-corrected chi connectivity index (χ2v) is 8.37. The summed E-state index contributed by atoms with van der Waals surface area (Å²) in [5.41, 5.74) is 0. The number of nitrogens with one attached hydrogen (secondary N) is 2. The third kappa shape index (κ3) is 5.19. The standard InChI is InChI=1S/C20H38N4O2/c1-6-17(20(26)23-10-9-21-11-15(23)4)7-8-18-13-24(16(5)12-22-18)19(25)14(2)3/h14-18,21-22H,6-13H2,1-5H3/t15-,16-,17?,18+/m1/s1. The van der Waals surface area contributed by atoms with Crippen molar-refractivity contribution in [3.63, 3.8) is 0 Å². The summed E-state index contributed by atoms with van der Waals surface area (Å²) in [6.45, 7) is 14.4. The van der Waals surface area contributed by atoms with Gasteiger partial charge < -0.3 is 20.4 Å². The highest BCUT2D eigenvalue weighted by Crippen LogP contribution is 2.21. The Bertz CT molecular complexity index is 482. The van der Waals surface area contributed by atoms with E-state index in [9.17, 15) is 9.59 Å². The lowest BCUT2D eigenvalue weighted by Crippen LogP contribution is -2.58. The van der Waals surface area contributed by atoms with Crippen LogP contribution in [0.2, 0.25) is 0 Å². The molecule has 2 aliphatic rings. The number of nitrogens with zero attached hydrogens (tertiary/aromatic N) is 2. The van der Waals surface area contributed by atoms with Gasteiger partial charge in [0.05, 0.1) is 0 Å². The number of carbonyl (C=O) groups is 2. The topological polar surface area (TPSA) is 64.7 Å². The van der Waals surface area contributed by atoms with Crippen LogP contribution in [0.1, 0.15) is 53.9 Å². The second kappa shape index (κ2) is 9.70. The first-order chi connectivity index (χ1) is 12.3. The fourth-order valence-corrected chi connectivity index (χ4v) is 4.07. The van der Waals surface area contributed by atoms with Crippen molar-refractivity contribution in [2.75, 3.05) is 32.7 Å². The van der Waals surface area contributed by atoms with Crippen molar-refractivity contribution in [1.82, 2.24) is 20.4 Å². The number of carbonyl (C=O) groups excluding carboxylic acids is 2. The minimum atomic E-state index is 0.0374. The van der Waals surface area contributed by atoms with E-state index < -0.39 is 0 Å². The Labute approximate surface area is 159 Å². The molecule has 2 saturated heterocycles. The van der Waals surface area contributed by atoms with Crippen LogP contribution in [0.4, 0.5) is 0 Å². The van der Waals surface area contributed by atoms with Gasteiger partial charge in [-0.2, -0.15) is 0 Å². The number of amides is 2. The number of piperazine rings is 2. The first-order valence-corrected chi connectivity index (χ1v) is 10.4. The average Bonchev–Trinajstić information content (AvgIpc) is 2.63. The van der Waals surface area contributed by atoms with Crippen LogP contribution < -0.4 is 10.6 Å². The van der Waals surface area contributed by atoms with E-state index in [-0.39, 0.29) is 35.9 Å². The minimum absolute atomic E-state index is 0.0374. The molecule has 2 amide bonds. The predicted octanol–water partition coefficient (Wildman–Crippen LogP) is 1.46. The molecule has 0 saturated carbocycles. The molecule has 26 heavy (non-hydrogen) atoms. The lowest BCUT2D eigenvalue weighted by atomic mass is 9.93. The first kappa shape index (κ1) is 21.2. The Balaban J connectivity index is 1.89. The number of rotatable bonds is 6. The smallest absolute Gasteiger partial charge is 0.225 e. The molecule has 0 bridgehead atoms. The maximum absolute atomic E-state index is 12.9. The van der Waals surface area contributed by atoms with Gasteiger partial charge in [-0.25, -0.2) is 0 Å². The quantitative estimate of drug-likeness (QED) is 0.747. The summed E-state index contributed by atoms with van der Waals surface area (Å²) in [6.07, 6.45) is 2.72. The molecule has 2 heterocycles. The molecule has 0 spiro atoms. The van der Waals surface area contributed by atoms with Crippen molar-refractivity contribution < 1.29 is 9.59 Å². The molecule has 150 valence electrons. The van der Waals surface area contributed by atoms with Crippen LogP contribution in [0.3, 0.4) is 0 Å². The Morgan fingerprint density at radius 3 is 2.38 bits per heavy atom. The highest BCUT2D eigenvalue weighted by molar-refractivity contribution is 5.79. The Morgan fingerprint density at radius 2 is 1.77 bits per heavy atom. The molecule has 2 N–H and O–H groups in total. The Morgan fingerprint density at radius 1 is 1.08 bits per heavy atom. The van der Waals surface area contributed by atoms with Crippen LogP contribution in [0, 0.1) is 11.8 Å². The van der Waals surface area contributed by atoms with E-state index in [4.69, 9.17) is 0 Å². The summed E-state index contributed by atoms with van der Waals surface area (Å²) in [5, 5.41) is 6.92. The minimum Gasteiger partial charge on any atom is -0.337 e. The SMILES string of the molecule is CCC(CC[C@H]1CN(C(=O)C(C)C)[C@H](C)CN1)C(=O)N1CCNC[C@H]1C. The van der Waals surface area contributed by atoms with E-state index >= 15 is 0 Å². The Hall–Kier alpha value is -1.14. The van der Waals surface area contributed by atoms with E-state index in [2.05, 4.69) is 36.3 Å². The molecule has 0 radical (unpaired) electrons. The molecule has 0 aliphatic carbocycles. The highest BCUT2D eigenvalue weighted by atomic mass is 16.2. The largest absolute Gasteiger partial charge is 0.337 e. The van der Waals surface area contributed by atoms with Crippen LogP contribution in [0.25, 0.3) is 0 Å². The molecule has 2 rings (SSSR count). The fraction of sp³-hybridized carbons (Fsp3) is 0.900. The lowest BCUT2D eigenvalue weighted by Gasteiger charge is -2.40. The fourth-order valence-electron chi connectivity index (χ4n) is 4.07. The zero-order chi connectivity index (χ0) is 19.3. The molecular formula is C20H38N4O2. The van der Waals surface area contributed by atoms with Crippen LogP contribution in [-0.4, -0.2) is 72.5 Å². The van der Waals surface area contributed by atoms with Crippen LogP contribution in [-0.2, 0) is 9.59 Å². The van der Waals surface area contributed by atoms with Gasteiger partial charge in [0, 0.05) is 62.7 Å². The molecule has 4 atom stereocenters. The molecule has 2 fully saturated rings. The second-order valence-electron chi connectivity index (χ2n) is 8.37. The van der Waals surface area contributed by atoms with Crippen molar-refractivity contribution in [2.45, 2.75) is 72.0 Å². The van der Waals surface area contributed by atoms with Gasteiger partial charge in [0.25, 0.3) is 0 Å². The molecule has 6 nitrogen and oxygen atoms in total. The third-order valence-electron chi connectivity index (χ3n) is 5.92. The maximum Gasteiger partial charge on any atom is 0.225 e. The van der Waals surface area contributed by atoms with Gasteiger partial charge in [0.2, 0.25) is 11.8 Å². The number of hydrogen-bond donors (Lipinski definition) is 2. The molecule has 0 aromatic rings. The third-order valence-corrected chi connectivity index (χ3v) is 5.92. The van der Waals surface area contributed by atoms with Crippen LogP contribution in [0.5, 0.6) is 0 Å². The van der Waals surface area contributed by atoms with Gasteiger partial charge in [0.15, 0.2) is 0 Å². The van der Waals surface area contributed by atoms with E-state index in [1.807, 2.05) is 18.7 Å². The summed E-state index contributed by atoms with van der Waals surface area (Å²) >= 11 is 0. The van der Waals surface area contributed by atoms with Gasteiger partial charge in [-0.1, -0.05) is 20.8 Å². The van der Waals surface area contributed by atoms with Gasteiger partial charge in [-0.3, -0.25) is 9.59 Å². The van der Waals surface area contributed by atoms with Gasteiger partial charge in [0.1, 0.15) is 0 Å². The average molecular weight is 367 g/mol. The molecule has 0 aromatic carbocycles. The van der Waals surface area contributed by atoms with Crippen molar-refractivity contribution in [2.24, 2.45) is 11.8 Å². The van der Waals surface area contributed by atoms with Gasteiger partial charge in [-0.15, -0.1) is 0 Å². The number of hydrogen-bond acceptors (Lipinski definition) is 4. The summed E-state index contributed by atoms with van der Waals surface area (Å²) in [6, 6.07) is 0.806. The molecule has 6 heteroatoms. The predicted molar refractivity (Wildman–Crippen MR) is 105 cm³/mol. The van der Waals surface area contributed by atoms with Crippen LogP contribution in [0.15, 0.2) is 0 Å². The molecule has 2 aliphatic heterocycles. The zero-order valence-corrected chi connectivity index (χ0v) is 17.3. The molecule has 0 aromatic heterocycles. The van der Waals surface area contributed by atoms with E-state index in [0.29, 0.717) is 5.91 Å². The normalized spacial score (nSPS) is 28.3. The van der Waals surface area contributed by atoms with Crippen LogP contribution >= 0.6 is 0 Å². The monoisotopic (exact) mass is 366 g/mol. The van der Waals surface area contributed by atoms with Gasteiger partial charge >= 0.3 is 0 Å². The van der Waals surface area contributed by atoms with Gasteiger partial charge in [-0.05, 0) is 33.1 Å². The van der Waals surface area contributed by atoms with Crippen molar-refractivity contribution >= 4 is 11.8 Å². The Kier molecular flexibility index (Phi) is 7.89. The van der Waals surface area contributed by atoms with E-state index in [1.165, 1.54) is 0 Å².